The average molecular weight is 298 g/mol. The van der Waals surface area contributed by atoms with Crippen LogP contribution in [0.4, 0.5) is 9.18 Å². The SMILES string of the molecule is CCOC(=O)n1nc(Cc2ccccc2F)c2ccccc21. The lowest BCUT2D eigenvalue weighted by Crippen LogP contribution is -2.15. The van der Waals surface area contributed by atoms with Crippen LogP contribution in [-0.2, 0) is 11.2 Å². The lowest BCUT2D eigenvalue weighted by molar-refractivity contribution is 0.151. The second-order valence-corrected chi connectivity index (χ2v) is 4.84. The molecule has 0 aliphatic carbocycles. The third kappa shape index (κ3) is 2.57. The zero-order valence-corrected chi connectivity index (χ0v) is 12.1. The molecule has 0 N–H and O–H groups in total. The molecule has 0 radical (unpaired) electrons. The van der Waals surface area contributed by atoms with Crippen LogP contribution in [0, 0.1) is 5.82 Å². The van der Waals surface area contributed by atoms with E-state index in [9.17, 15) is 9.18 Å². The van der Waals surface area contributed by atoms with Gasteiger partial charge in [-0.05, 0) is 24.6 Å². The molecule has 0 aliphatic heterocycles. The van der Waals surface area contributed by atoms with Crippen molar-refractivity contribution in [3.8, 4) is 0 Å². The second kappa shape index (κ2) is 5.97. The number of rotatable bonds is 3. The van der Waals surface area contributed by atoms with E-state index in [0.717, 1.165) is 5.39 Å². The molecule has 0 atom stereocenters. The normalized spacial score (nSPS) is 10.8. The van der Waals surface area contributed by atoms with Crippen LogP contribution in [0.3, 0.4) is 0 Å². The fourth-order valence-electron chi connectivity index (χ4n) is 2.41. The first-order valence-corrected chi connectivity index (χ1v) is 7.08. The van der Waals surface area contributed by atoms with Gasteiger partial charge in [-0.3, -0.25) is 0 Å². The van der Waals surface area contributed by atoms with E-state index in [-0.39, 0.29) is 12.4 Å². The largest absolute Gasteiger partial charge is 0.448 e. The van der Waals surface area contributed by atoms with Gasteiger partial charge in [0.1, 0.15) is 5.82 Å². The molecule has 0 unspecified atom stereocenters. The highest BCUT2D eigenvalue weighted by Crippen LogP contribution is 2.22. The van der Waals surface area contributed by atoms with Gasteiger partial charge < -0.3 is 4.74 Å². The fraction of sp³-hybridized carbons (Fsp3) is 0.176. The van der Waals surface area contributed by atoms with Crippen LogP contribution in [-0.4, -0.2) is 22.5 Å². The highest BCUT2D eigenvalue weighted by atomic mass is 19.1. The summed E-state index contributed by atoms with van der Waals surface area (Å²) in [4.78, 5) is 12.0. The van der Waals surface area contributed by atoms with Gasteiger partial charge in [0.05, 0.1) is 17.8 Å². The van der Waals surface area contributed by atoms with E-state index >= 15 is 0 Å². The zero-order valence-electron chi connectivity index (χ0n) is 12.1. The topological polar surface area (TPSA) is 44.1 Å². The van der Waals surface area contributed by atoms with E-state index in [2.05, 4.69) is 5.10 Å². The van der Waals surface area contributed by atoms with Gasteiger partial charge in [-0.2, -0.15) is 9.78 Å². The monoisotopic (exact) mass is 298 g/mol. The van der Waals surface area contributed by atoms with Crippen molar-refractivity contribution >= 4 is 17.0 Å². The molecule has 1 aromatic heterocycles. The van der Waals surface area contributed by atoms with Gasteiger partial charge in [0.15, 0.2) is 0 Å². The molecule has 0 aliphatic rings. The Morgan fingerprint density at radius 3 is 2.68 bits per heavy atom. The van der Waals surface area contributed by atoms with Crippen molar-refractivity contribution in [3.05, 3.63) is 65.6 Å². The first kappa shape index (κ1) is 14.3. The molecule has 0 bridgehead atoms. The molecule has 0 saturated heterocycles. The molecular weight excluding hydrogens is 283 g/mol. The third-order valence-electron chi connectivity index (χ3n) is 3.42. The molecule has 3 aromatic rings. The van der Waals surface area contributed by atoms with Crippen LogP contribution < -0.4 is 0 Å². The van der Waals surface area contributed by atoms with Gasteiger partial charge in [0.25, 0.3) is 0 Å². The number of carbonyl (C=O) groups excluding carboxylic acids is 1. The van der Waals surface area contributed by atoms with Crippen LogP contribution in [0.5, 0.6) is 0 Å². The standard InChI is InChI=1S/C17H15FN2O2/c1-2-22-17(21)20-16-10-6-4-8-13(16)15(19-20)11-12-7-3-5-9-14(12)18/h3-10H,2,11H2,1H3. The van der Waals surface area contributed by atoms with E-state index in [1.165, 1.54) is 10.7 Å². The number of halogens is 1. The number of hydrogen-bond acceptors (Lipinski definition) is 3. The molecule has 112 valence electrons. The minimum Gasteiger partial charge on any atom is -0.448 e. The smallest absolute Gasteiger partial charge is 0.435 e. The van der Waals surface area contributed by atoms with Crippen molar-refractivity contribution in [1.29, 1.82) is 0 Å². The number of nitrogens with zero attached hydrogens (tertiary/aromatic N) is 2. The van der Waals surface area contributed by atoms with Crippen LogP contribution in [0.25, 0.3) is 10.9 Å². The summed E-state index contributed by atoms with van der Waals surface area (Å²) >= 11 is 0. The maximum absolute atomic E-state index is 13.8. The molecule has 5 heteroatoms. The summed E-state index contributed by atoms with van der Waals surface area (Å²) in [5.41, 5.74) is 1.85. The Kier molecular flexibility index (Phi) is 3.87. The van der Waals surface area contributed by atoms with E-state index in [1.807, 2.05) is 18.2 Å². The summed E-state index contributed by atoms with van der Waals surface area (Å²) in [7, 11) is 0. The summed E-state index contributed by atoms with van der Waals surface area (Å²) in [6.45, 7) is 2.01. The average Bonchev–Trinajstić information content (AvgIpc) is 2.89. The van der Waals surface area contributed by atoms with Gasteiger partial charge in [-0.25, -0.2) is 9.18 Å². The Balaban J connectivity index is 2.07. The van der Waals surface area contributed by atoms with Crippen LogP contribution in [0.1, 0.15) is 18.2 Å². The van der Waals surface area contributed by atoms with Crippen LogP contribution >= 0.6 is 0 Å². The Bertz CT molecular complexity index is 826. The Morgan fingerprint density at radius 2 is 1.91 bits per heavy atom. The molecule has 3 rings (SSSR count). The summed E-state index contributed by atoms with van der Waals surface area (Å²) in [5, 5.41) is 5.14. The minimum atomic E-state index is -0.529. The lowest BCUT2D eigenvalue weighted by Gasteiger charge is -2.01. The summed E-state index contributed by atoms with van der Waals surface area (Å²) < 4.78 is 20.1. The molecule has 0 fully saturated rings. The van der Waals surface area contributed by atoms with Crippen LogP contribution in [0.15, 0.2) is 48.5 Å². The van der Waals surface area contributed by atoms with Crippen molar-refractivity contribution in [2.45, 2.75) is 13.3 Å². The molecule has 0 amide bonds. The first-order valence-electron chi connectivity index (χ1n) is 7.08. The predicted molar refractivity (Wildman–Crippen MR) is 81.4 cm³/mol. The number of ether oxygens (including phenoxy) is 1. The summed E-state index contributed by atoms with van der Waals surface area (Å²) in [6.07, 6.45) is -0.210. The highest BCUT2D eigenvalue weighted by Gasteiger charge is 2.17. The molecule has 4 nitrogen and oxygen atoms in total. The molecule has 1 heterocycles. The van der Waals surface area contributed by atoms with E-state index in [1.54, 1.807) is 31.2 Å². The van der Waals surface area contributed by atoms with Crippen molar-refractivity contribution in [2.75, 3.05) is 6.61 Å². The quantitative estimate of drug-likeness (QED) is 0.739. The maximum Gasteiger partial charge on any atom is 0.435 e. The van der Waals surface area contributed by atoms with E-state index < -0.39 is 6.09 Å². The van der Waals surface area contributed by atoms with E-state index in [0.29, 0.717) is 23.2 Å². The van der Waals surface area contributed by atoms with Gasteiger partial charge in [0.2, 0.25) is 0 Å². The number of carbonyl (C=O) groups is 1. The molecule has 0 spiro atoms. The number of benzene rings is 2. The Morgan fingerprint density at radius 1 is 1.18 bits per heavy atom. The summed E-state index contributed by atoms with van der Waals surface area (Å²) in [6, 6.07) is 13.9. The minimum absolute atomic E-state index is 0.273. The Labute approximate surface area is 127 Å². The maximum atomic E-state index is 13.8. The van der Waals surface area contributed by atoms with Crippen molar-refractivity contribution in [2.24, 2.45) is 0 Å². The molecular formula is C17H15FN2O2. The van der Waals surface area contributed by atoms with Gasteiger partial charge >= 0.3 is 6.09 Å². The zero-order chi connectivity index (χ0) is 15.5. The second-order valence-electron chi connectivity index (χ2n) is 4.84. The predicted octanol–water partition coefficient (Wildman–Crippen LogP) is 3.77. The van der Waals surface area contributed by atoms with Crippen LogP contribution in [0.2, 0.25) is 0 Å². The van der Waals surface area contributed by atoms with Crippen molar-refractivity contribution in [1.82, 2.24) is 9.78 Å². The highest BCUT2D eigenvalue weighted by molar-refractivity contribution is 5.89. The van der Waals surface area contributed by atoms with E-state index in [4.69, 9.17) is 4.74 Å². The number of fused-ring (bicyclic) bond motifs is 1. The summed E-state index contributed by atoms with van der Waals surface area (Å²) in [5.74, 6) is -0.280. The van der Waals surface area contributed by atoms with Gasteiger partial charge in [-0.15, -0.1) is 0 Å². The van der Waals surface area contributed by atoms with Crippen molar-refractivity contribution < 1.29 is 13.9 Å². The number of aromatic nitrogens is 2. The number of hydrogen-bond donors (Lipinski definition) is 0. The molecule has 22 heavy (non-hydrogen) atoms. The number of para-hydroxylation sites is 1. The first-order chi connectivity index (χ1) is 10.7. The van der Waals surface area contributed by atoms with Gasteiger partial charge in [-0.1, -0.05) is 36.4 Å². The molecule has 0 saturated carbocycles. The Hall–Kier alpha value is -2.69. The fourth-order valence-corrected chi connectivity index (χ4v) is 2.41. The molecule has 2 aromatic carbocycles. The van der Waals surface area contributed by atoms with Crippen molar-refractivity contribution in [3.63, 3.8) is 0 Å². The van der Waals surface area contributed by atoms with Gasteiger partial charge in [0, 0.05) is 11.8 Å². The third-order valence-corrected chi connectivity index (χ3v) is 3.42. The lowest BCUT2D eigenvalue weighted by atomic mass is 10.1.